The van der Waals surface area contributed by atoms with Crippen LogP contribution in [-0.4, -0.2) is 24.6 Å². The molecule has 2 rings (SSSR count). The monoisotopic (exact) mass is 178 g/mol. The van der Waals surface area contributed by atoms with Gasteiger partial charge in [-0.05, 0) is 12.5 Å². The van der Waals surface area contributed by atoms with Crippen LogP contribution in [0.3, 0.4) is 0 Å². The second-order valence-electron chi connectivity index (χ2n) is 2.85. The lowest BCUT2D eigenvalue weighted by molar-refractivity contribution is 0.0593. The van der Waals surface area contributed by atoms with E-state index in [4.69, 9.17) is 0 Å². The predicted octanol–water partition coefficient (Wildman–Crippen LogP) is 0.836. The zero-order chi connectivity index (χ0) is 9.26. The summed E-state index contributed by atoms with van der Waals surface area (Å²) < 4.78 is 4.63. The van der Waals surface area contributed by atoms with Gasteiger partial charge in [-0.3, -0.25) is 0 Å². The van der Waals surface area contributed by atoms with E-state index in [0.717, 1.165) is 24.2 Å². The van der Waals surface area contributed by atoms with Crippen molar-refractivity contribution in [2.45, 2.75) is 6.42 Å². The van der Waals surface area contributed by atoms with Gasteiger partial charge in [0.05, 0.1) is 7.11 Å². The summed E-state index contributed by atoms with van der Waals surface area (Å²) in [5.74, 6) is -0.361. The van der Waals surface area contributed by atoms with E-state index >= 15 is 0 Å². The first kappa shape index (κ1) is 8.04. The van der Waals surface area contributed by atoms with Crippen LogP contribution in [0.4, 0.5) is 5.69 Å². The second-order valence-corrected chi connectivity index (χ2v) is 2.85. The van der Waals surface area contributed by atoms with Crippen LogP contribution in [0.1, 0.15) is 16.1 Å². The predicted molar refractivity (Wildman–Crippen MR) is 47.8 cm³/mol. The molecule has 13 heavy (non-hydrogen) atoms. The Morgan fingerprint density at radius 1 is 1.69 bits per heavy atom. The van der Waals surface area contributed by atoms with Gasteiger partial charge in [0.15, 0.2) is 5.69 Å². The van der Waals surface area contributed by atoms with E-state index < -0.39 is 0 Å². The summed E-state index contributed by atoms with van der Waals surface area (Å²) in [6.07, 6.45) is 2.46. The van der Waals surface area contributed by atoms with Gasteiger partial charge in [-0.25, -0.2) is 9.78 Å². The Labute approximate surface area is 75.9 Å². The van der Waals surface area contributed by atoms with Gasteiger partial charge in [0.1, 0.15) is 0 Å². The Kier molecular flexibility index (Phi) is 1.88. The molecule has 0 aliphatic carbocycles. The molecule has 1 aromatic heterocycles. The molecule has 0 amide bonds. The summed E-state index contributed by atoms with van der Waals surface area (Å²) in [6, 6.07) is 1.87. The van der Waals surface area contributed by atoms with Gasteiger partial charge in [0.25, 0.3) is 0 Å². The average molecular weight is 178 g/mol. The molecule has 1 aliphatic rings. The quantitative estimate of drug-likeness (QED) is 0.647. The number of anilines is 1. The van der Waals surface area contributed by atoms with Gasteiger partial charge in [-0.1, -0.05) is 0 Å². The number of hydrogen-bond donors (Lipinski definition) is 1. The van der Waals surface area contributed by atoms with Crippen LogP contribution < -0.4 is 5.32 Å². The lowest BCUT2D eigenvalue weighted by atomic mass is 10.1. The molecule has 2 heterocycles. The molecule has 1 N–H and O–H groups in total. The number of esters is 1. The molecule has 4 nitrogen and oxygen atoms in total. The van der Waals surface area contributed by atoms with E-state index in [9.17, 15) is 4.79 Å². The highest BCUT2D eigenvalue weighted by molar-refractivity contribution is 5.91. The molecule has 0 aromatic carbocycles. The zero-order valence-corrected chi connectivity index (χ0v) is 7.33. The molecule has 0 bridgehead atoms. The molecule has 0 atom stereocenters. The van der Waals surface area contributed by atoms with Crippen molar-refractivity contribution in [2.24, 2.45) is 0 Å². The Bertz CT molecular complexity index is 349. The molecule has 1 aromatic rings. The number of carbonyl (C=O) groups is 1. The average Bonchev–Trinajstić information content (AvgIpc) is 2.63. The van der Waals surface area contributed by atoms with Crippen LogP contribution in [0.2, 0.25) is 0 Å². The second kappa shape index (κ2) is 3.05. The number of methoxy groups -OCH3 is 1. The summed E-state index contributed by atoms with van der Waals surface area (Å²) in [4.78, 5) is 15.3. The van der Waals surface area contributed by atoms with E-state index in [1.54, 1.807) is 6.20 Å². The third kappa shape index (κ3) is 1.24. The van der Waals surface area contributed by atoms with E-state index in [1.807, 2.05) is 6.07 Å². The first-order chi connectivity index (χ1) is 6.33. The third-order valence-electron chi connectivity index (χ3n) is 2.12. The molecule has 0 saturated carbocycles. The summed E-state index contributed by atoms with van der Waals surface area (Å²) >= 11 is 0. The van der Waals surface area contributed by atoms with Crippen molar-refractivity contribution in [1.82, 2.24) is 4.98 Å². The first-order valence-electron chi connectivity index (χ1n) is 4.13. The van der Waals surface area contributed by atoms with Gasteiger partial charge in [0.2, 0.25) is 0 Å². The van der Waals surface area contributed by atoms with E-state index in [1.165, 1.54) is 7.11 Å². The van der Waals surface area contributed by atoms with Crippen LogP contribution >= 0.6 is 0 Å². The van der Waals surface area contributed by atoms with Gasteiger partial charge in [0, 0.05) is 24.0 Å². The van der Waals surface area contributed by atoms with Crippen LogP contribution in [0, 0.1) is 0 Å². The van der Waals surface area contributed by atoms with E-state index in [2.05, 4.69) is 15.0 Å². The number of nitrogens with zero attached hydrogens (tertiary/aromatic N) is 1. The highest BCUT2D eigenvalue weighted by Gasteiger charge is 2.19. The number of ether oxygens (including phenoxy) is 1. The van der Waals surface area contributed by atoms with Crippen molar-refractivity contribution in [3.63, 3.8) is 0 Å². The van der Waals surface area contributed by atoms with Crippen molar-refractivity contribution < 1.29 is 9.53 Å². The fourth-order valence-corrected chi connectivity index (χ4v) is 1.51. The van der Waals surface area contributed by atoms with E-state index in [0.29, 0.717) is 5.69 Å². The molecular formula is C9H10N2O2. The third-order valence-corrected chi connectivity index (χ3v) is 2.12. The Hall–Kier alpha value is -1.58. The van der Waals surface area contributed by atoms with Crippen LogP contribution in [0.5, 0.6) is 0 Å². The maximum absolute atomic E-state index is 11.3. The number of nitrogens with one attached hydrogen (secondary N) is 1. The maximum Gasteiger partial charge on any atom is 0.357 e. The number of hydrogen-bond acceptors (Lipinski definition) is 4. The number of aromatic nitrogens is 1. The van der Waals surface area contributed by atoms with Crippen LogP contribution in [-0.2, 0) is 11.2 Å². The van der Waals surface area contributed by atoms with Crippen LogP contribution in [0.25, 0.3) is 0 Å². The molecule has 1 aliphatic heterocycles. The van der Waals surface area contributed by atoms with Crippen molar-refractivity contribution in [3.05, 3.63) is 23.5 Å². The minimum atomic E-state index is -0.361. The number of pyridine rings is 1. The van der Waals surface area contributed by atoms with Crippen molar-refractivity contribution >= 4 is 11.7 Å². The van der Waals surface area contributed by atoms with Crippen molar-refractivity contribution in [2.75, 3.05) is 19.0 Å². The topological polar surface area (TPSA) is 51.2 Å². The van der Waals surface area contributed by atoms with Crippen molar-refractivity contribution in [1.29, 1.82) is 0 Å². The fourth-order valence-electron chi connectivity index (χ4n) is 1.51. The summed E-state index contributed by atoms with van der Waals surface area (Å²) in [6.45, 7) is 0.866. The standard InChI is InChI=1S/C9H10N2O2/c1-13-9(12)8-6-2-4-10-7(6)3-5-11-8/h3,5,10H,2,4H2,1H3. The number of carbonyl (C=O) groups excluding carboxylic acids is 1. The van der Waals surface area contributed by atoms with Crippen LogP contribution in [0.15, 0.2) is 12.3 Å². The summed E-state index contributed by atoms with van der Waals surface area (Å²) in [7, 11) is 1.37. The van der Waals surface area contributed by atoms with Gasteiger partial charge < -0.3 is 10.1 Å². The first-order valence-corrected chi connectivity index (χ1v) is 4.13. The molecule has 0 spiro atoms. The molecular weight excluding hydrogens is 168 g/mol. The van der Waals surface area contributed by atoms with Gasteiger partial charge >= 0.3 is 5.97 Å². The van der Waals surface area contributed by atoms with Gasteiger partial charge in [-0.15, -0.1) is 0 Å². The van der Waals surface area contributed by atoms with E-state index in [-0.39, 0.29) is 5.97 Å². The highest BCUT2D eigenvalue weighted by atomic mass is 16.5. The largest absolute Gasteiger partial charge is 0.464 e. The summed E-state index contributed by atoms with van der Waals surface area (Å²) in [5.41, 5.74) is 2.40. The molecule has 4 heteroatoms. The molecule has 0 radical (unpaired) electrons. The molecule has 0 fully saturated rings. The Balaban J connectivity index is 2.47. The zero-order valence-electron chi connectivity index (χ0n) is 7.33. The number of fused-ring (bicyclic) bond motifs is 1. The number of rotatable bonds is 1. The molecule has 0 saturated heterocycles. The van der Waals surface area contributed by atoms with Gasteiger partial charge in [-0.2, -0.15) is 0 Å². The fraction of sp³-hybridized carbons (Fsp3) is 0.333. The molecule has 68 valence electrons. The normalized spacial score (nSPS) is 13.3. The lowest BCUT2D eigenvalue weighted by Crippen LogP contribution is -2.07. The Morgan fingerprint density at radius 2 is 2.54 bits per heavy atom. The smallest absolute Gasteiger partial charge is 0.357 e. The van der Waals surface area contributed by atoms with Crippen molar-refractivity contribution in [3.8, 4) is 0 Å². The lowest BCUT2D eigenvalue weighted by Gasteiger charge is -2.03. The SMILES string of the molecule is COC(=O)c1nccc2c1CCN2. The minimum absolute atomic E-state index is 0.361. The summed E-state index contributed by atoms with van der Waals surface area (Å²) in [5, 5.41) is 3.17. The maximum atomic E-state index is 11.3. The molecule has 0 unspecified atom stereocenters. The Morgan fingerprint density at radius 3 is 3.31 bits per heavy atom. The highest BCUT2D eigenvalue weighted by Crippen LogP contribution is 2.23. The minimum Gasteiger partial charge on any atom is -0.464 e.